The van der Waals surface area contributed by atoms with E-state index in [1.165, 1.54) is 11.6 Å². The number of hydrogen-bond donors (Lipinski definition) is 1. The molecule has 0 aliphatic carbocycles. The summed E-state index contributed by atoms with van der Waals surface area (Å²) < 4.78 is 14.9. The molecule has 0 heterocycles. The van der Waals surface area contributed by atoms with Crippen LogP contribution >= 0.6 is 0 Å². The van der Waals surface area contributed by atoms with E-state index in [0.717, 1.165) is 24.1 Å². The Bertz CT molecular complexity index is 1060. The van der Waals surface area contributed by atoms with Crippen molar-refractivity contribution in [3.8, 4) is 11.1 Å². The van der Waals surface area contributed by atoms with Crippen LogP contribution < -0.4 is 0 Å². The summed E-state index contributed by atoms with van der Waals surface area (Å²) in [5.74, 6) is -1.27. The molecule has 0 aliphatic rings. The number of halogens is 1. The zero-order valence-corrected chi connectivity index (χ0v) is 20.0. The van der Waals surface area contributed by atoms with E-state index in [9.17, 15) is 14.3 Å². The van der Waals surface area contributed by atoms with Gasteiger partial charge in [0.25, 0.3) is 0 Å². The molecule has 33 heavy (non-hydrogen) atoms. The van der Waals surface area contributed by atoms with Crippen LogP contribution in [0.2, 0.25) is 0 Å². The van der Waals surface area contributed by atoms with Crippen LogP contribution in [-0.4, -0.2) is 36.6 Å². The van der Waals surface area contributed by atoms with Crippen molar-refractivity contribution >= 4 is 5.97 Å². The van der Waals surface area contributed by atoms with Crippen molar-refractivity contribution in [2.24, 2.45) is 5.92 Å². The van der Waals surface area contributed by atoms with Gasteiger partial charge in [-0.2, -0.15) is 0 Å². The molecule has 4 heteroatoms. The number of carboxylic acids is 1. The summed E-state index contributed by atoms with van der Waals surface area (Å²) in [6, 6.07) is 22.3. The predicted molar refractivity (Wildman–Crippen MR) is 133 cm³/mol. The van der Waals surface area contributed by atoms with Crippen LogP contribution in [0.5, 0.6) is 0 Å². The van der Waals surface area contributed by atoms with Gasteiger partial charge in [0.2, 0.25) is 0 Å². The van der Waals surface area contributed by atoms with Crippen LogP contribution in [-0.2, 0) is 11.2 Å². The first-order valence-electron chi connectivity index (χ1n) is 11.6. The third kappa shape index (κ3) is 6.29. The summed E-state index contributed by atoms with van der Waals surface area (Å²) in [4.78, 5) is 14.3. The molecule has 3 atom stereocenters. The van der Waals surface area contributed by atoms with Crippen LogP contribution in [0.3, 0.4) is 0 Å². The van der Waals surface area contributed by atoms with Gasteiger partial charge in [0, 0.05) is 12.1 Å². The fraction of sp³-hybridized carbons (Fsp3) is 0.345. The van der Waals surface area contributed by atoms with Crippen molar-refractivity contribution < 1.29 is 14.3 Å². The smallest absolute Gasteiger partial charge is 0.311 e. The molecule has 0 spiro atoms. The fourth-order valence-electron chi connectivity index (χ4n) is 4.80. The first-order chi connectivity index (χ1) is 15.8. The molecule has 0 aromatic heterocycles. The van der Waals surface area contributed by atoms with Gasteiger partial charge in [0.15, 0.2) is 0 Å². The van der Waals surface area contributed by atoms with Crippen molar-refractivity contribution in [1.29, 1.82) is 0 Å². The lowest BCUT2D eigenvalue weighted by Gasteiger charge is -2.26. The molecule has 3 aromatic carbocycles. The number of carboxylic acid groups (broad SMARTS) is 1. The Balaban J connectivity index is 1.85. The van der Waals surface area contributed by atoms with Crippen LogP contribution in [0.25, 0.3) is 11.1 Å². The second kappa shape index (κ2) is 11.2. The third-order valence-electron chi connectivity index (χ3n) is 6.38. The SMILES string of the molecule is CC[C@@H](c1cccc(CC(C(=O)O)c2ccc(-c3ccccc3)c(F)c2)c1)[C@@H](C)CN(C)C. The maximum atomic E-state index is 14.9. The molecular weight excluding hydrogens is 413 g/mol. The standard InChI is InChI=1S/C29H34FNO2/c1-5-25(20(2)19-31(3)4)23-13-9-10-21(16-23)17-27(29(32)33)24-14-15-26(28(30)18-24)22-11-7-6-8-12-22/h6-16,18,20,25,27H,5,17,19H2,1-4H3,(H,32,33)/t20-,25+,27?/m0/s1. The first kappa shape index (κ1) is 24.7. The summed E-state index contributed by atoms with van der Waals surface area (Å²) in [7, 11) is 4.17. The molecule has 0 radical (unpaired) electrons. The zero-order valence-electron chi connectivity index (χ0n) is 20.0. The van der Waals surface area contributed by atoms with Crippen molar-refractivity contribution in [2.75, 3.05) is 20.6 Å². The second-order valence-electron chi connectivity index (χ2n) is 9.20. The van der Waals surface area contributed by atoms with Gasteiger partial charge in [0.05, 0.1) is 5.92 Å². The quantitative estimate of drug-likeness (QED) is 0.381. The molecule has 3 aromatic rings. The summed E-state index contributed by atoms with van der Waals surface area (Å²) in [5, 5.41) is 9.95. The Morgan fingerprint density at radius 2 is 1.70 bits per heavy atom. The summed E-state index contributed by atoms with van der Waals surface area (Å²) in [6.45, 7) is 5.45. The van der Waals surface area contributed by atoms with E-state index in [1.807, 2.05) is 42.5 Å². The molecule has 0 fully saturated rings. The van der Waals surface area contributed by atoms with Gasteiger partial charge in [-0.05, 0) is 67.1 Å². The topological polar surface area (TPSA) is 40.5 Å². The lowest BCUT2D eigenvalue weighted by Crippen LogP contribution is -2.24. The predicted octanol–water partition coefficient (Wildman–Crippen LogP) is 6.59. The van der Waals surface area contributed by atoms with Gasteiger partial charge in [-0.15, -0.1) is 0 Å². The minimum atomic E-state index is -0.944. The monoisotopic (exact) mass is 447 g/mol. The number of carbonyl (C=O) groups is 1. The van der Waals surface area contributed by atoms with E-state index in [1.54, 1.807) is 12.1 Å². The van der Waals surface area contributed by atoms with E-state index >= 15 is 0 Å². The van der Waals surface area contributed by atoms with Crippen molar-refractivity contribution in [3.63, 3.8) is 0 Å². The Kier molecular flexibility index (Phi) is 8.40. The Morgan fingerprint density at radius 1 is 0.970 bits per heavy atom. The van der Waals surface area contributed by atoms with Gasteiger partial charge in [-0.25, -0.2) is 4.39 Å². The minimum Gasteiger partial charge on any atom is -0.481 e. The van der Waals surface area contributed by atoms with Gasteiger partial charge in [-0.1, -0.05) is 80.6 Å². The van der Waals surface area contributed by atoms with Gasteiger partial charge < -0.3 is 10.0 Å². The van der Waals surface area contributed by atoms with E-state index < -0.39 is 17.7 Å². The Hall–Kier alpha value is -2.98. The lowest BCUT2D eigenvalue weighted by atomic mass is 9.83. The Morgan fingerprint density at radius 3 is 2.30 bits per heavy atom. The largest absolute Gasteiger partial charge is 0.481 e. The number of rotatable bonds is 10. The second-order valence-corrected chi connectivity index (χ2v) is 9.20. The molecule has 1 N–H and O–H groups in total. The molecular formula is C29H34FNO2. The zero-order chi connectivity index (χ0) is 24.0. The van der Waals surface area contributed by atoms with Gasteiger partial charge in [-0.3, -0.25) is 4.79 Å². The molecule has 0 bridgehead atoms. The molecule has 0 aliphatic heterocycles. The molecule has 0 saturated heterocycles. The van der Waals surface area contributed by atoms with E-state index in [2.05, 4.69) is 45.0 Å². The number of aliphatic carboxylic acids is 1. The minimum absolute atomic E-state index is 0.325. The van der Waals surface area contributed by atoms with Crippen molar-refractivity contribution in [2.45, 2.75) is 38.5 Å². The summed E-state index contributed by atoms with van der Waals surface area (Å²) >= 11 is 0. The average Bonchev–Trinajstić information content (AvgIpc) is 2.78. The fourth-order valence-corrected chi connectivity index (χ4v) is 4.80. The molecule has 0 saturated carbocycles. The number of hydrogen-bond acceptors (Lipinski definition) is 2. The highest BCUT2D eigenvalue weighted by molar-refractivity contribution is 5.77. The van der Waals surface area contributed by atoms with Crippen LogP contribution in [0, 0.1) is 11.7 Å². The highest BCUT2D eigenvalue weighted by Gasteiger charge is 2.23. The normalized spacial score (nSPS) is 14.1. The van der Waals surface area contributed by atoms with Crippen LogP contribution in [0.4, 0.5) is 4.39 Å². The average molecular weight is 448 g/mol. The highest BCUT2D eigenvalue weighted by atomic mass is 19.1. The van der Waals surface area contributed by atoms with E-state index in [4.69, 9.17) is 0 Å². The molecule has 3 rings (SSSR count). The third-order valence-corrected chi connectivity index (χ3v) is 6.38. The van der Waals surface area contributed by atoms with Crippen molar-refractivity contribution in [1.82, 2.24) is 4.90 Å². The van der Waals surface area contributed by atoms with Gasteiger partial charge >= 0.3 is 5.97 Å². The van der Waals surface area contributed by atoms with Crippen molar-refractivity contribution in [3.05, 3.63) is 95.3 Å². The lowest BCUT2D eigenvalue weighted by molar-refractivity contribution is -0.138. The van der Waals surface area contributed by atoms with Crippen LogP contribution in [0.1, 0.15) is 48.8 Å². The molecule has 3 nitrogen and oxygen atoms in total. The molecule has 1 unspecified atom stereocenters. The summed E-state index contributed by atoms with van der Waals surface area (Å²) in [6.07, 6.45) is 1.35. The molecule has 174 valence electrons. The van der Waals surface area contributed by atoms with E-state index in [-0.39, 0.29) is 0 Å². The number of nitrogens with zero attached hydrogens (tertiary/aromatic N) is 1. The van der Waals surface area contributed by atoms with E-state index in [0.29, 0.717) is 29.4 Å². The highest BCUT2D eigenvalue weighted by Crippen LogP contribution is 2.32. The van der Waals surface area contributed by atoms with Crippen LogP contribution in [0.15, 0.2) is 72.8 Å². The molecule has 0 amide bonds. The Labute approximate surface area is 196 Å². The summed E-state index contributed by atoms with van der Waals surface area (Å²) in [5.41, 5.74) is 3.94. The maximum Gasteiger partial charge on any atom is 0.311 e. The first-order valence-corrected chi connectivity index (χ1v) is 11.6. The number of benzene rings is 3. The maximum absolute atomic E-state index is 14.9. The van der Waals surface area contributed by atoms with Gasteiger partial charge in [0.1, 0.15) is 5.82 Å².